The summed E-state index contributed by atoms with van der Waals surface area (Å²) in [5, 5.41) is 11.7. The molecule has 1 saturated carbocycles. The zero-order valence-corrected chi connectivity index (χ0v) is 16.2. The van der Waals surface area contributed by atoms with Crippen molar-refractivity contribution in [2.45, 2.75) is 77.6 Å². The van der Waals surface area contributed by atoms with E-state index in [0.29, 0.717) is 37.2 Å². The highest BCUT2D eigenvalue weighted by atomic mass is 16.7. The molecule has 0 unspecified atom stereocenters. The van der Waals surface area contributed by atoms with Gasteiger partial charge in [-0.2, -0.15) is 0 Å². The molecule has 0 amide bonds. The van der Waals surface area contributed by atoms with Gasteiger partial charge in [0, 0.05) is 17.8 Å². The summed E-state index contributed by atoms with van der Waals surface area (Å²) in [7, 11) is 0. The van der Waals surface area contributed by atoms with E-state index >= 15 is 0 Å². The maximum absolute atomic E-state index is 12.6. The fourth-order valence-electron chi connectivity index (χ4n) is 5.74. The summed E-state index contributed by atoms with van der Waals surface area (Å²) in [6.07, 6.45) is 5.21. The topological polar surface area (TPSA) is 72.8 Å². The first-order chi connectivity index (χ1) is 11.9. The Morgan fingerprint density at radius 1 is 1.12 bits per heavy atom. The number of hydrogen-bond acceptors (Lipinski definition) is 5. The zero-order chi connectivity index (χ0) is 19.1. The quantitative estimate of drug-likeness (QED) is 0.719. The standard InChI is InChI=1S/C21H28O5/c1-12-10-14(22)13-11-15-19(4)7-6-16(23)18(2,3)21(19,24)9-8-20(15,5)26-17(13)25-12/h6-7,12,15,24H,8-11H2,1-5H3/t12-,15+,19-,20-,21+/m1/s1. The van der Waals surface area contributed by atoms with Crippen LogP contribution in [0.15, 0.2) is 23.7 Å². The van der Waals surface area contributed by atoms with Crippen molar-refractivity contribution in [1.29, 1.82) is 0 Å². The summed E-state index contributed by atoms with van der Waals surface area (Å²) in [5.41, 5.74) is -2.67. The molecule has 1 fully saturated rings. The lowest BCUT2D eigenvalue weighted by atomic mass is 9.44. The van der Waals surface area contributed by atoms with E-state index in [0.717, 1.165) is 0 Å². The molecule has 1 N–H and O–H groups in total. The number of hydrogen-bond donors (Lipinski definition) is 1. The average molecular weight is 360 g/mol. The van der Waals surface area contributed by atoms with Crippen LogP contribution in [0, 0.1) is 16.7 Å². The highest BCUT2D eigenvalue weighted by Gasteiger charge is 2.69. The first-order valence-electron chi connectivity index (χ1n) is 9.53. The van der Waals surface area contributed by atoms with E-state index in [1.165, 1.54) is 0 Å². The van der Waals surface area contributed by atoms with E-state index in [4.69, 9.17) is 9.47 Å². The third kappa shape index (κ3) is 1.95. The van der Waals surface area contributed by atoms with Gasteiger partial charge in [0.1, 0.15) is 11.7 Å². The van der Waals surface area contributed by atoms with Crippen LogP contribution < -0.4 is 0 Å². The third-order valence-electron chi connectivity index (χ3n) is 7.66. The maximum Gasteiger partial charge on any atom is 0.286 e. The van der Waals surface area contributed by atoms with Gasteiger partial charge in [-0.05, 0) is 53.0 Å². The van der Waals surface area contributed by atoms with E-state index in [1.807, 2.05) is 40.7 Å². The molecule has 4 aliphatic rings. The predicted molar refractivity (Wildman–Crippen MR) is 95.0 cm³/mol. The van der Waals surface area contributed by atoms with Gasteiger partial charge in [-0.15, -0.1) is 0 Å². The van der Waals surface area contributed by atoms with Gasteiger partial charge in [-0.25, -0.2) is 0 Å². The van der Waals surface area contributed by atoms with Gasteiger partial charge >= 0.3 is 0 Å². The van der Waals surface area contributed by atoms with Gasteiger partial charge < -0.3 is 14.6 Å². The molecule has 5 heteroatoms. The third-order valence-corrected chi connectivity index (χ3v) is 7.66. The lowest BCUT2D eigenvalue weighted by molar-refractivity contribution is -0.249. The number of rotatable bonds is 0. The molecule has 0 aromatic heterocycles. The molecular formula is C21H28O5. The Bertz CT molecular complexity index is 762. The van der Waals surface area contributed by atoms with Crippen LogP contribution in [-0.4, -0.2) is 34.0 Å². The first kappa shape index (κ1) is 17.8. The molecule has 0 aromatic carbocycles. The predicted octanol–water partition coefficient (Wildman–Crippen LogP) is 3.07. The van der Waals surface area contributed by atoms with Crippen LogP contribution in [0.4, 0.5) is 0 Å². The summed E-state index contributed by atoms with van der Waals surface area (Å²) in [4.78, 5) is 25.1. The Labute approximate surface area is 154 Å². The van der Waals surface area contributed by atoms with Crippen molar-refractivity contribution in [1.82, 2.24) is 0 Å². The summed E-state index contributed by atoms with van der Waals surface area (Å²) >= 11 is 0. The zero-order valence-electron chi connectivity index (χ0n) is 16.2. The molecule has 0 spiro atoms. The van der Waals surface area contributed by atoms with Crippen LogP contribution in [0.25, 0.3) is 0 Å². The van der Waals surface area contributed by atoms with Crippen molar-refractivity contribution in [3.05, 3.63) is 23.7 Å². The molecule has 26 heavy (non-hydrogen) atoms. The fourth-order valence-corrected chi connectivity index (χ4v) is 5.74. The number of Topliss-reactive ketones (excluding diaryl/α,β-unsaturated/α-hetero) is 1. The van der Waals surface area contributed by atoms with Crippen molar-refractivity contribution < 1.29 is 24.2 Å². The van der Waals surface area contributed by atoms with Gasteiger partial charge in [0.15, 0.2) is 11.6 Å². The molecule has 142 valence electrons. The SMILES string of the molecule is C[C@@H]1CC(=O)C2=C(O1)O[C@]1(C)CC[C@]3(O)C(C)(C)C(=O)C=C[C@]3(C)[C@@H]1C2. The number of ketones is 2. The smallest absolute Gasteiger partial charge is 0.286 e. The largest absolute Gasteiger partial charge is 0.462 e. The normalized spacial score (nSPS) is 46.7. The number of aliphatic hydroxyl groups is 1. The maximum atomic E-state index is 12.6. The van der Waals surface area contributed by atoms with Gasteiger partial charge in [-0.3, -0.25) is 9.59 Å². The Morgan fingerprint density at radius 2 is 1.81 bits per heavy atom. The molecule has 4 rings (SSSR count). The summed E-state index contributed by atoms with van der Waals surface area (Å²) < 4.78 is 12.1. The Morgan fingerprint density at radius 3 is 2.50 bits per heavy atom. The van der Waals surface area contributed by atoms with Crippen LogP contribution >= 0.6 is 0 Å². The van der Waals surface area contributed by atoms with Crippen molar-refractivity contribution >= 4 is 11.6 Å². The molecule has 2 heterocycles. The van der Waals surface area contributed by atoms with E-state index in [-0.39, 0.29) is 23.6 Å². The molecule has 5 nitrogen and oxygen atoms in total. The number of allylic oxidation sites excluding steroid dienone is 2. The highest BCUT2D eigenvalue weighted by Crippen LogP contribution is 2.64. The van der Waals surface area contributed by atoms with Gasteiger partial charge in [0.25, 0.3) is 5.95 Å². The fraction of sp³-hybridized carbons (Fsp3) is 0.714. The van der Waals surface area contributed by atoms with Gasteiger partial charge in [-0.1, -0.05) is 13.0 Å². The minimum Gasteiger partial charge on any atom is -0.462 e. The van der Waals surface area contributed by atoms with Crippen LogP contribution in [0.5, 0.6) is 0 Å². The van der Waals surface area contributed by atoms with E-state index < -0.39 is 22.0 Å². The Kier molecular flexibility index (Phi) is 3.42. The van der Waals surface area contributed by atoms with Crippen LogP contribution in [-0.2, 0) is 19.1 Å². The lowest BCUT2D eigenvalue weighted by Crippen LogP contribution is -2.70. The molecule has 0 radical (unpaired) electrons. The second kappa shape index (κ2) is 5.00. The number of carbonyl (C=O) groups excluding carboxylic acids is 2. The Balaban J connectivity index is 1.84. The summed E-state index contributed by atoms with van der Waals surface area (Å²) in [6.45, 7) is 9.57. The molecule has 2 aliphatic carbocycles. The second-order valence-corrected chi connectivity index (χ2v) is 9.46. The van der Waals surface area contributed by atoms with Crippen LogP contribution in [0.1, 0.15) is 60.3 Å². The minimum atomic E-state index is -1.18. The lowest BCUT2D eigenvalue weighted by Gasteiger charge is -2.64. The second-order valence-electron chi connectivity index (χ2n) is 9.46. The molecule has 2 aliphatic heterocycles. The van der Waals surface area contributed by atoms with Crippen LogP contribution in [0.3, 0.4) is 0 Å². The van der Waals surface area contributed by atoms with Crippen molar-refractivity contribution in [3.8, 4) is 0 Å². The molecule has 0 bridgehead atoms. The number of ether oxygens (including phenoxy) is 2. The monoisotopic (exact) mass is 360 g/mol. The van der Waals surface area contributed by atoms with E-state index in [1.54, 1.807) is 6.08 Å². The molecule has 5 atom stereocenters. The van der Waals surface area contributed by atoms with Crippen LogP contribution in [0.2, 0.25) is 0 Å². The van der Waals surface area contributed by atoms with Gasteiger partial charge in [0.05, 0.1) is 16.6 Å². The summed E-state index contributed by atoms with van der Waals surface area (Å²) in [6, 6.07) is 0. The van der Waals surface area contributed by atoms with Crippen molar-refractivity contribution in [2.24, 2.45) is 16.7 Å². The molecular weight excluding hydrogens is 332 g/mol. The Hall–Kier alpha value is -1.62. The van der Waals surface area contributed by atoms with Gasteiger partial charge in [0.2, 0.25) is 0 Å². The van der Waals surface area contributed by atoms with E-state index in [9.17, 15) is 14.7 Å². The number of fused-ring (bicyclic) bond motifs is 3. The first-order valence-corrected chi connectivity index (χ1v) is 9.53. The molecule has 0 aromatic rings. The average Bonchev–Trinajstić information content (AvgIpc) is 2.54. The molecule has 0 saturated heterocycles. The van der Waals surface area contributed by atoms with Crippen molar-refractivity contribution in [3.63, 3.8) is 0 Å². The van der Waals surface area contributed by atoms with E-state index in [2.05, 4.69) is 0 Å². The number of carbonyl (C=O) groups is 2. The van der Waals surface area contributed by atoms with Crippen molar-refractivity contribution in [2.75, 3.05) is 0 Å². The summed E-state index contributed by atoms with van der Waals surface area (Å²) in [5.74, 6) is 0.269. The minimum absolute atomic E-state index is 0.0522. The highest BCUT2D eigenvalue weighted by molar-refractivity contribution is 5.98.